The first-order chi connectivity index (χ1) is 9.02. The maximum Gasteiger partial charge on any atom is 0.258 e. The molecular formula is C12H14N4O3. The summed E-state index contributed by atoms with van der Waals surface area (Å²) in [6.07, 6.45) is 0. The van der Waals surface area contributed by atoms with Crippen LogP contribution in [0.1, 0.15) is 25.3 Å². The summed E-state index contributed by atoms with van der Waals surface area (Å²) in [6, 6.07) is 3.19. The number of hydrogen-bond donors (Lipinski definition) is 2. The van der Waals surface area contributed by atoms with Gasteiger partial charge in [-0.15, -0.1) is 10.2 Å². The number of nitrogens with zero attached hydrogens (tertiary/aromatic N) is 3. The summed E-state index contributed by atoms with van der Waals surface area (Å²) in [5.74, 6) is 0.120. The normalized spacial score (nSPS) is 10.7. The molecule has 0 radical (unpaired) electrons. The molecule has 0 unspecified atom stereocenters. The van der Waals surface area contributed by atoms with E-state index in [1.165, 1.54) is 7.11 Å². The third-order valence-electron chi connectivity index (χ3n) is 2.60. The van der Waals surface area contributed by atoms with Gasteiger partial charge in [0.1, 0.15) is 5.69 Å². The Labute approximate surface area is 109 Å². The van der Waals surface area contributed by atoms with Gasteiger partial charge in [0.15, 0.2) is 5.82 Å². The van der Waals surface area contributed by atoms with Gasteiger partial charge in [-0.2, -0.15) is 4.98 Å². The average Bonchev–Trinajstić information content (AvgIpc) is 2.37. The van der Waals surface area contributed by atoms with Crippen LogP contribution in [0.5, 0.6) is 11.8 Å². The van der Waals surface area contributed by atoms with Gasteiger partial charge in [-0.25, -0.2) is 0 Å². The Bertz CT molecular complexity index is 634. The van der Waals surface area contributed by atoms with Crippen molar-refractivity contribution in [2.45, 2.75) is 19.8 Å². The summed E-state index contributed by atoms with van der Waals surface area (Å²) in [7, 11) is 1.48. The van der Waals surface area contributed by atoms with Crippen LogP contribution in [-0.2, 0) is 0 Å². The van der Waals surface area contributed by atoms with Crippen molar-refractivity contribution in [2.24, 2.45) is 0 Å². The molecule has 2 N–H and O–H groups in total. The average molecular weight is 262 g/mol. The van der Waals surface area contributed by atoms with Gasteiger partial charge in [0.2, 0.25) is 11.8 Å². The predicted molar refractivity (Wildman–Crippen MR) is 68.2 cm³/mol. The number of rotatable bonds is 3. The second-order valence-corrected chi connectivity index (χ2v) is 4.27. The summed E-state index contributed by atoms with van der Waals surface area (Å²) in [5.41, 5.74) is 0.226. The van der Waals surface area contributed by atoms with Crippen molar-refractivity contribution < 1.29 is 9.84 Å². The summed E-state index contributed by atoms with van der Waals surface area (Å²) in [6.45, 7) is 3.61. The van der Waals surface area contributed by atoms with Crippen LogP contribution in [0.3, 0.4) is 0 Å². The molecule has 7 heteroatoms. The van der Waals surface area contributed by atoms with Crippen LogP contribution in [-0.4, -0.2) is 32.4 Å². The molecule has 0 aliphatic heterocycles. The number of ether oxygens (including phenoxy) is 1. The van der Waals surface area contributed by atoms with E-state index in [-0.39, 0.29) is 28.7 Å². The van der Waals surface area contributed by atoms with Gasteiger partial charge >= 0.3 is 0 Å². The Morgan fingerprint density at radius 2 is 2.05 bits per heavy atom. The fourth-order valence-electron chi connectivity index (χ4n) is 1.67. The first-order valence-electron chi connectivity index (χ1n) is 5.74. The topological polar surface area (TPSA) is 101 Å². The summed E-state index contributed by atoms with van der Waals surface area (Å²) in [5, 5.41) is 17.4. The fourth-order valence-corrected chi connectivity index (χ4v) is 1.67. The van der Waals surface area contributed by atoms with Crippen molar-refractivity contribution in [1.82, 2.24) is 20.2 Å². The van der Waals surface area contributed by atoms with Gasteiger partial charge in [-0.05, 0) is 12.0 Å². The molecule has 0 aromatic carbocycles. The Morgan fingerprint density at radius 1 is 1.32 bits per heavy atom. The van der Waals surface area contributed by atoms with Crippen molar-refractivity contribution in [3.63, 3.8) is 0 Å². The summed E-state index contributed by atoms with van der Waals surface area (Å²) in [4.78, 5) is 18.4. The van der Waals surface area contributed by atoms with E-state index in [2.05, 4.69) is 20.2 Å². The molecule has 100 valence electrons. The highest BCUT2D eigenvalue weighted by Crippen LogP contribution is 2.21. The van der Waals surface area contributed by atoms with Gasteiger partial charge in [-0.3, -0.25) is 4.79 Å². The number of aromatic nitrogens is 4. The second kappa shape index (κ2) is 5.05. The summed E-state index contributed by atoms with van der Waals surface area (Å²) < 4.78 is 4.89. The Morgan fingerprint density at radius 3 is 2.53 bits per heavy atom. The molecule has 0 aliphatic carbocycles. The highest BCUT2D eigenvalue weighted by molar-refractivity contribution is 5.49. The predicted octanol–water partition coefficient (Wildman–Crippen LogP) is 1.06. The van der Waals surface area contributed by atoms with E-state index in [1.807, 2.05) is 0 Å². The SMILES string of the molecule is COc1ccc(-c2nc(O)c(C(C)C)c(=O)[nH]2)nn1. The molecule has 7 nitrogen and oxygen atoms in total. The molecule has 0 bridgehead atoms. The smallest absolute Gasteiger partial charge is 0.258 e. The van der Waals surface area contributed by atoms with E-state index in [0.717, 1.165) is 0 Å². The lowest BCUT2D eigenvalue weighted by Crippen LogP contribution is -2.16. The van der Waals surface area contributed by atoms with E-state index in [1.54, 1.807) is 26.0 Å². The third-order valence-corrected chi connectivity index (χ3v) is 2.60. The van der Waals surface area contributed by atoms with Gasteiger partial charge < -0.3 is 14.8 Å². The molecule has 19 heavy (non-hydrogen) atoms. The zero-order valence-electron chi connectivity index (χ0n) is 10.8. The molecule has 0 spiro atoms. The minimum atomic E-state index is -0.380. The van der Waals surface area contributed by atoms with E-state index in [0.29, 0.717) is 11.6 Å². The maximum atomic E-state index is 11.9. The quantitative estimate of drug-likeness (QED) is 0.857. The van der Waals surface area contributed by atoms with Crippen molar-refractivity contribution in [3.05, 3.63) is 28.0 Å². The monoisotopic (exact) mass is 262 g/mol. The van der Waals surface area contributed by atoms with E-state index < -0.39 is 0 Å². The van der Waals surface area contributed by atoms with Gasteiger partial charge in [0.25, 0.3) is 5.56 Å². The molecule has 0 saturated carbocycles. The van der Waals surface area contributed by atoms with Crippen LogP contribution in [0.4, 0.5) is 0 Å². The second-order valence-electron chi connectivity index (χ2n) is 4.27. The van der Waals surface area contributed by atoms with Crippen molar-refractivity contribution in [1.29, 1.82) is 0 Å². The van der Waals surface area contributed by atoms with E-state index in [4.69, 9.17) is 4.74 Å². The molecule has 2 heterocycles. The van der Waals surface area contributed by atoms with Crippen LogP contribution >= 0.6 is 0 Å². The van der Waals surface area contributed by atoms with E-state index >= 15 is 0 Å². The lowest BCUT2D eigenvalue weighted by molar-refractivity contribution is 0.392. The molecule has 0 amide bonds. The first kappa shape index (κ1) is 13.0. The zero-order chi connectivity index (χ0) is 14.0. The molecule has 2 aromatic rings. The Hall–Kier alpha value is -2.44. The Balaban J connectivity index is 2.49. The highest BCUT2D eigenvalue weighted by Gasteiger charge is 2.15. The molecular weight excluding hydrogens is 248 g/mol. The van der Waals surface area contributed by atoms with Crippen LogP contribution in [0.2, 0.25) is 0 Å². The lowest BCUT2D eigenvalue weighted by Gasteiger charge is -2.07. The number of nitrogens with one attached hydrogen (secondary N) is 1. The largest absolute Gasteiger partial charge is 0.493 e. The minimum Gasteiger partial charge on any atom is -0.493 e. The molecule has 0 aliphatic rings. The molecule has 0 atom stereocenters. The number of hydrogen-bond acceptors (Lipinski definition) is 6. The maximum absolute atomic E-state index is 11.9. The number of aromatic hydroxyl groups is 1. The van der Waals surface area contributed by atoms with Gasteiger partial charge in [0.05, 0.1) is 12.7 Å². The lowest BCUT2D eigenvalue weighted by atomic mass is 10.1. The van der Waals surface area contributed by atoms with Crippen molar-refractivity contribution >= 4 is 0 Å². The van der Waals surface area contributed by atoms with Crippen molar-refractivity contribution in [2.75, 3.05) is 7.11 Å². The molecule has 2 aromatic heterocycles. The van der Waals surface area contributed by atoms with Crippen LogP contribution in [0, 0.1) is 0 Å². The highest BCUT2D eigenvalue weighted by atomic mass is 16.5. The molecule has 0 fully saturated rings. The molecule has 0 saturated heterocycles. The standard InChI is InChI=1S/C12H14N4O3/c1-6(2)9-11(17)13-10(14-12(9)18)7-4-5-8(19-3)16-15-7/h4-6H,1-3H3,(H2,13,14,17,18). The zero-order valence-corrected chi connectivity index (χ0v) is 10.8. The van der Waals surface area contributed by atoms with Crippen molar-refractivity contribution in [3.8, 4) is 23.3 Å². The van der Waals surface area contributed by atoms with Crippen LogP contribution < -0.4 is 10.3 Å². The first-order valence-corrected chi connectivity index (χ1v) is 5.74. The van der Waals surface area contributed by atoms with Crippen LogP contribution in [0.15, 0.2) is 16.9 Å². The van der Waals surface area contributed by atoms with Crippen LogP contribution in [0.25, 0.3) is 11.5 Å². The Kier molecular flexibility index (Phi) is 3.46. The fraction of sp³-hybridized carbons (Fsp3) is 0.333. The number of H-pyrrole nitrogens is 1. The van der Waals surface area contributed by atoms with Gasteiger partial charge in [0, 0.05) is 6.07 Å². The minimum absolute atomic E-state index is 0.118. The summed E-state index contributed by atoms with van der Waals surface area (Å²) >= 11 is 0. The van der Waals surface area contributed by atoms with E-state index in [9.17, 15) is 9.90 Å². The molecule has 2 rings (SSSR count). The van der Waals surface area contributed by atoms with Gasteiger partial charge in [-0.1, -0.05) is 13.8 Å². The third kappa shape index (κ3) is 2.54. The number of methoxy groups -OCH3 is 1. The number of aromatic amines is 1.